The van der Waals surface area contributed by atoms with Gasteiger partial charge in [-0.05, 0) is 23.2 Å². The molecule has 0 fully saturated rings. The van der Waals surface area contributed by atoms with Crippen LogP contribution in [0.3, 0.4) is 0 Å². The summed E-state index contributed by atoms with van der Waals surface area (Å²) in [7, 11) is 2.49. The zero-order valence-corrected chi connectivity index (χ0v) is 15.2. The van der Waals surface area contributed by atoms with Crippen molar-refractivity contribution in [3.05, 3.63) is 11.3 Å². The van der Waals surface area contributed by atoms with E-state index in [4.69, 9.17) is 0 Å². The van der Waals surface area contributed by atoms with Crippen LogP contribution in [-0.2, 0) is 12.1 Å². The zero-order chi connectivity index (χ0) is 13.7. The molecule has 1 unspecified atom stereocenters. The third kappa shape index (κ3) is 2.26. The molecule has 1 aromatic rings. The first-order chi connectivity index (χ1) is 8.25. The van der Waals surface area contributed by atoms with Gasteiger partial charge >= 0.3 is 0 Å². The van der Waals surface area contributed by atoms with Crippen LogP contribution >= 0.6 is 54.6 Å². The lowest BCUT2D eigenvalue weighted by molar-refractivity contribution is 0.168. The molecular weight excluding hydrogens is 481 g/mol. The minimum atomic E-state index is -0.434. The number of halogens is 2. The van der Waals surface area contributed by atoms with Gasteiger partial charge in [0.25, 0.3) is 7.83 Å². The van der Waals surface area contributed by atoms with Crippen LogP contribution in [0.15, 0.2) is 0 Å². The average molecular weight is 492 g/mol. The van der Waals surface area contributed by atoms with Crippen LogP contribution in [0.4, 0.5) is 15.4 Å². The van der Waals surface area contributed by atoms with Crippen LogP contribution in [0.25, 0.3) is 0 Å². The maximum absolute atomic E-state index is 11.7. The Bertz CT molecular complexity index is 543. The SMILES string of the molecule is CC1(C)c2c(c(NC(=O)I)nn2P)CN1C(=O)I. The Morgan fingerprint density at radius 3 is 2.56 bits per heavy atom. The minimum Gasteiger partial charge on any atom is -0.319 e. The van der Waals surface area contributed by atoms with Gasteiger partial charge in [0.2, 0.25) is 0 Å². The van der Waals surface area contributed by atoms with Crippen molar-refractivity contribution in [3.63, 3.8) is 0 Å². The monoisotopic (exact) mass is 492 g/mol. The van der Waals surface area contributed by atoms with Crippen molar-refractivity contribution in [1.29, 1.82) is 0 Å². The van der Waals surface area contributed by atoms with E-state index in [2.05, 4.69) is 19.8 Å². The van der Waals surface area contributed by atoms with E-state index in [1.165, 1.54) is 0 Å². The van der Waals surface area contributed by atoms with Crippen molar-refractivity contribution in [1.82, 2.24) is 14.5 Å². The molecule has 0 radical (unpaired) electrons. The largest absolute Gasteiger partial charge is 0.319 e. The number of carbonyl (C=O) groups is 2. The average Bonchev–Trinajstić information content (AvgIpc) is 2.63. The molecule has 0 bridgehead atoms. The van der Waals surface area contributed by atoms with E-state index in [-0.39, 0.29) is 7.83 Å². The molecule has 1 aliphatic heterocycles. The molecule has 9 heteroatoms. The third-order valence-corrected chi connectivity index (χ3v) is 4.23. The normalized spacial score (nSPS) is 16.6. The quantitative estimate of drug-likeness (QED) is 0.284. The molecule has 1 N–H and O–H groups in total. The van der Waals surface area contributed by atoms with Crippen LogP contribution in [0, 0.1) is 0 Å². The van der Waals surface area contributed by atoms with Crippen LogP contribution in [-0.4, -0.2) is 22.3 Å². The summed E-state index contributed by atoms with van der Waals surface area (Å²) in [5, 5.41) is 6.95. The summed E-state index contributed by atoms with van der Waals surface area (Å²) in [6, 6.07) is 0. The molecule has 0 aromatic carbocycles. The Labute approximate surface area is 134 Å². The van der Waals surface area contributed by atoms with Gasteiger partial charge in [-0.15, -0.1) is 0 Å². The van der Waals surface area contributed by atoms with Crippen molar-refractivity contribution in [3.8, 4) is 0 Å². The van der Waals surface area contributed by atoms with E-state index in [9.17, 15) is 9.59 Å². The van der Waals surface area contributed by atoms with Crippen LogP contribution in [0.1, 0.15) is 25.1 Å². The van der Waals surface area contributed by atoms with E-state index in [1.54, 1.807) is 54.5 Å². The summed E-state index contributed by atoms with van der Waals surface area (Å²) in [6.07, 6.45) is 0. The van der Waals surface area contributed by atoms with E-state index >= 15 is 0 Å². The first kappa shape index (κ1) is 14.4. The number of fused-ring (bicyclic) bond motifs is 1. The number of carbonyl (C=O) groups excluding carboxylic acids is 2. The number of amides is 2. The number of nitrogens with one attached hydrogen (secondary N) is 1. The lowest BCUT2D eigenvalue weighted by atomic mass is 10.0. The first-order valence-corrected chi connectivity index (χ1v) is 7.73. The number of anilines is 1. The molecule has 98 valence electrons. The van der Waals surface area contributed by atoms with Gasteiger partial charge < -0.3 is 10.2 Å². The summed E-state index contributed by atoms with van der Waals surface area (Å²) in [5.74, 6) is 0.521. The van der Waals surface area contributed by atoms with Gasteiger partial charge in [-0.25, -0.2) is 0 Å². The standard InChI is InChI=1S/C9H11I2N4O2P/c1-9(2)5-4(3-14(9)8(11)17)6(12-7(10)16)13-15(5)18/h3,18H2,1-2H3,(H,12,13,16). The Balaban J connectivity index is 2.51. The predicted molar refractivity (Wildman–Crippen MR) is 88.4 cm³/mol. The second kappa shape index (κ2) is 4.86. The second-order valence-electron chi connectivity index (χ2n) is 4.42. The lowest BCUT2D eigenvalue weighted by Gasteiger charge is -2.30. The lowest BCUT2D eigenvalue weighted by Crippen LogP contribution is -2.38. The molecule has 6 nitrogen and oxygen atoms in total. The second-order valence-corrected chi connectivity index (χ2v) is 6.81. The van der Waals surface area contributed by atoms with E-state index < -0.39 is 5.54 Å². The molecule has 0 saturated carbocycles. The number of hydrogen-bond acceptors (Lipinski definition) is 3. The van der Waals surface area contributed by atoms with Crippen LogP contribution in [0.5, 0.6) is 0 Å². The summed E-state index contributed by atoms with van der Waals surface area (Å²) >= 11 is 3.44. The molecule has 2 heterocycles. The number of rotatable bonds is 1. The maximum Gasteiger partial charge on any atom is 0.286 e. The fraction of sp³-hybridized carbons (Fsp3) is 0.444. The highest BCUT2D eigenvalue weighted by molar-refractivity contribution is 14.1. The van der Waals surface area contributed by atoms with E-state index in [0.29, 0.717) is 12.4 Å². The van der Waals surface area contributed by atoms with Crippen molar-refractivity contribution in [2.75, 3.05) is 5.32 Å². The summed E-state index contributed by atoms with van der Waals surface area (Å²) in [4.78, 5) is 24.6. The molecule has 2 rings (SSSR count). The van der Waals surface area contributed by atoms with Gasteiger partial charge in [-0.1, -0.05) is 0 Å². The Morgan fingerprint density at radius 1 is 1.44 bits per heavy atom. The zero-order valence-electron chi connectivity index (χ0n) is 9.70. The molecule has 2 amide bonds. The number of hydrogen-bond donors (Lipinski definition) is 1. The van der Waals surface area contributed by atoms with E-state index in [0.717, 1.165) is 11.3 Å². The van der Waals surface area contributed by atoms with Crippen LogP contribution in [0.2, 0.25) is 0 Å². The molecule has 1 atom stereocenters. The summed E-state index contributed by atoms with van der Waals surface area (Å²) < 4.78 is 1.43. The molecular formula is C9H11I2N4O2P. The van der Waals surface area contributed by atoms with Gasteiger partial charge in [0.15, 0.2) is 5.82 Å². The Kier molecular flexibility index (Phi) is 3.90. The van der Waals surface area contributed by atoms with E-state index in [1.807, 2.05) is 13.8 Å². The number of nitrogens with zero attached hydrogens (tertiary/aromatic N) is 3. The Hall–Kier alpha value is 0.0400. The van der Waals surface area contributed by atoms with Gasteiger partial charge in [0, 0.05) is 50.7 Å². The summed E-state index contributed by atoms with van der Waals surface area (Å²) in [6.45, 7) is 4.39. The Morgan fingerprint density at radius 2 is 2.06 bits per heavy atom. The molecule has 1 aromatic heterocycles. The predicted octanol–water partition coefficient (Wildman–Crippen LogP) is 3.09. The van der Waals surface area contributed by atoms with Gasteiger partial charge in [0.05, 0.1) is 17.8 Å². The molecule has 1 aliphatic rings. The fourth-order valence-electron chi connectivity index (χ4n) is 2.23. The van der Waals surface area contributed by atoms with Crippen molar-refractivity contribution >= 4 is 68.2 Å². The number of aromatic nitrogens is 2. The smallest absolute Gasteiger partial charge is 0.286 e. The molecule has 0 spiro atoms. The third-order valence-electron chi connectivity index (χ3n) is 3.01. The van der Waals surface area contributed by atoms with Crippen molar-refractivity contribution in [2.45, 2.75) is 25.9 Å². The van der Waals surface area contributed by atoms with Gasteiger partial charge in [-0.3, -0.25) is 14.0 Å². The first-order valence-electron chi connectivity index (χ1n) is 5.06. The minimum absolute atomic E-state index is 0.0226. The topological polar surface area (TPSA) is 67.2 Å². The van der Waals surface area contributed by atoms with Gasteiger partial charge in [0.1, 0.15) is 0 Å². The molecule has 0 aliphatic carbocycles. The van der Waals surface area contributed by atoms with Crippen LogP contribution < -0.4 is 5.32 Å². The van der Waals surface area contributed by atoms with Crippen molar-refractivity contribution < 1.29 is 9.59 Å². The van der Waals surface area contributed by atoms with Crippen molar-refractivity contribution in [2.24, 2.45) is 0 Å². The fourth-order valence-corrected chi connectivity index (χ4v) is 3.84. The highest BCUT2D eigenvalue weighted by Crippen LogP contribution is 2.43. The highest BCUT2D eigenvalue weighted by Gasteiger charge is 2.44. The van der Waals surface area contributed by atoms with Gasteiger partial charge in [-0.2, -0.15) is 5.10 Å². The highest BCUT2D eigenvalue weighted by atomic mass is 127. The maximum atomic E-state index is 11.7. The molecule has 0 saturated heterocycles. The summed E-state index contributed by atoms with van der Waals surface area (Å²) in [5.41, 5.74) is 1.39. The molecule has 18 heavy (non-hydrogen) atoms.